The Balaban J connectivity index is 1.40. The van der Waals surface area contributed by atoms with Gasteiger partial charge in [0.05, 0.1) is 0 Å². The molecule has 6 aromatic carbocycles. The average molecular weight is 528 g/mol. The van der Waals surface area contributed by atoms with Crippen LogP contribution in [-0.4, -0.2) is 15.0 Å². The highest BCUT2D eigenvalue weighted by Gasteiger charge is 2.14. The highest BCUT2D eigenvalue weighted by Crippen LogP contribution is 2.36. The minimum absolute atomic E-state index is 0.664. The molecule has 7 rings (SSSR count). The summed E-state index contributed by atoms with van der Waals surface area (Å²) in [5.41, 5.74) is 7.74. The highest BCUT2D eigenvalue weighted by atomic mass is 15.0. The lowest BCUT2D eigenvalue weighted by Crippen LogP contribution is -2.00. The Morgan fingerprint density at radius 2 is 1.02 bits per heavy atom. The first-order valence-electron chi connectivity index (χ1n) is 14.1. The summed E-state index contributed by atoms with van der Waals surface area (Å²) in [4.78, 5) is 14.9. The quantitative estimate of drug-likeness (QED) is 0.209. The summed E-state index contributed by atoms with van der Waals surface area (Å²) in [5.74, 6) is 2.01. The van der Waals surface area contributed by atoms with Crippen molar-refractivity contribution in [2.75, 3.05) is 0 Å². The maximum absolute atomic E-state index is 5.00. The number of aromatic nitrogens is 3. The van der Waals surface area contributed by atoms with Gasteiger partial charge in [0.2, 0.25) is 0 Å². The van der Waals surface area contributed by atoms with Crippen molar-refractivity contribution in [2.24, 2.45) is 0 Å². The van der Waals surface area contributed by atoms with Crippen molar-refractivity contribution in [3.63, 3.8) is 0 Å². The van der Waals surface area contributed by atoms with E-state index in [1.54, 1.807) is 0 Å². The molecule has 0 saturated carbocycles. The molecular formula is C38H29N3. The fourth-order valence-electron chi connectivity index (χ4n) is 5.47. The molecule has 0 aliphatic rings. The van der Waals surface area contributed by atoms with Crippen molar-refractivity contribution in [2.45, 2.75) is 20.3 Å². The first-order valence-corrected chi connectivity index (χ1v) is 14.1. The van der Waals surface area contributed by atoms with Crippen molar-refractivity contribution < 1.29 is 0 Å². The van der Waals surface area contributed by atoms with Gasteiger partial charge in [-0.15, -0.1) is 0 Å². The first-order chi connectivity index (χ1) is 20.2. The normalized spacial score (nSPS) is 11.3. The highest BCUT2D eigenvalue weighted by molar-refractivity contribution is 6.13. The maximum Gasteiger partial charge on any atom is 0.164 e. The zero-order valence-corrected chi connectivity index (χ0v) is 23.2. The van der Waals surface area contributed by atoms with Crippen LogP contribution in [0.2, 0.25) is 0 Å². The molecular weight excluding hydrogens is 498 g/mol. The molecule has 41 heavy (non-hydrogen) atoms. The van der Waals surface area contributed by atoms with E-state index >= 15 is 0 Å². The van der Waals surface area contributed by atoms with Crippen molar-refractivity contribution in [3.8, 4) is 45.3 Å². The third-order valence-corrected chi connectivity index (χ3v) is 7.77. The molecule has 0 aliphatic heterocycles. The third-order valence-electron chi connectivity index (χ3n) is 7.77. The van der Waals surface area contributed by atoms with Crippen LogP contribution in [-0.2, 0) is 6.42 Å². The second-order valence-corrected chi connectivity index (χ2v) is 10.5. The van der Waals surface area contributed by atoms with Crippen LogP contribution in [0.1, 0.15) is 18.1 Å². The number of aryl methyl sites for hydroxylation is 2. The fraction of sp³-hybridized carbons (Fsp3) is 0.0789. The van der Waals surface area contributed by atoms with Gasteiger partial charge in [-0.2, -0.15) is 0 Å². The lowest BCUT2D eigenvalue weighted by molar-refractivity contribution is 1.07. The molecule has 0 saturated heterocycles. The zero-order valence-electron chi connectivity index (χ0n) is 23.2. The summed E-state index contributed by atoms with van der Waals surface area (Å²) in [6, 6.07) is 44.9. The molecule has 0 spiro atoms. The second-order valence-electron chi connectivity index (χ2n) is 10.5. The van der Waals surface area contributed by atoms with Gasteiger partial charge in [0.15, 0.2) is 17.5 Å². The first kappa shape index (κ1) is 24.9. The third kappa shape index (κ3) is 4.76. The van der Waals surface area contributed by atoms with Crippen molar-refractivity contribution in [1.82, 2.24) is 15.0 Å². The number of hydrogen-bond donors (Lipinski definition) is 0. The van der Waals surface area contributed by atoms with E-state index in [0.29, 0.717) is 17.5 Å². The molecule has 196 valence electrons. The molecule has 0 amide bonds. The van der Waals surface area contributed by atoms with Crippen molar-refractivity contribution >= 4 is 21.5 Å². The Kier molecular flexibility index (Phi) is 6.33. The van der Waals surface area contributed by atoms with Crippen LogP contribution in [0.25, 0.3) is 66.8 Å². The number of rotatable bonds is 5. The van der Waals surface area contributed by atoms with E-state index in [2.05, 4.69) is 141 Å². The van der Waals surface area contributed by atoms with Crippen LogP contribution >= 0.6 is 0 Å². The SMILES string of the molecule is CCc1ccc(-c2nc(-c3ccc(C)cc3)nc(-c3cccc(-c4cc5ccccc5c5ccccc45)c3)n2)cc1. The lowest BCUT2D eigenvalue weighted by atomic mass is 9.92. The van der Waals surface area contributed by atoms with E-state index < -0.39 is 0 Å². The van der Waals surface area contributed by atoms with E-state index in [0.717, 1.165) is 28.7 Å². The molecule has 0 unspecified atom stereocenters. The fourth-order valence-corrected chi connectivity index (χ4v) is 5.47. The summed E-state index contributed by atoms with van der Waals surface area (Å²) in [6.45, 7) is 4.25. The van der Waals surface area contributed by atoms with Crippen LogP contribution in [0.5, 0.6) is 0 Å². The standard InChI is InChI=1S/C38H29N3/c1-3-26-17-21-28(22-18-26)37-39-36(27-19-15-25(2)16-20-27)40-38(41-37)31-11-8-10-29(23-31)35-24-30-9-4-5-12-32(30)33-13-6-7-14-34(33)35/h4-24H,3H2,1-2H3. The van der Waals surface area contributed by atoms with Gasteiger partial charge in [-0.05, 0) is 63.7 Å². The summed E-state index contributed by atoms with van der Waals surface area (Å²) < 4.78 is 0. The van der Waals surface area contributed by atoms with E-state index in [4.69, 9.17) is 15.0 Å². The van der Waals surface area contributed by atoms with Gasteiger partial charge in [0.1, 0.15) is 0 Å². The minimum Gasteiger partial charge on any atom is -0.208 e. The second kappa shape index (κ2) is 10.4. The molecule has 1 aromatic heterocycles. The van der Waals surface area contributed by atoms with E-state index in [1.165, 1.54) is 38.2 Å². The van der Waals surface area contributed by atoms with Gasteiger partial charge in [-0.3, -0.25) is 0 Å². The van der Waals surface area contributed by atoms with Gasteiger partial charge in [0, 0.05) is 16.7 Å². The summed E-state index contributed by atoms with van der Waals surface area (Å²) in [6.07, 6.45) is 0.994. The molecule has 0 bridgehead atoms. The molecule has 0 fully saturated rings. The number of hydrogen-bond acceptors (Lipinski definition) is 3. The molecule has 7 aromatic rings. The molecule has 0 N–H and O–H groups in total. The molecule has 0 aliphatic carbocycles. The Labute approximate surface area is 240 Å². The number of fused-ring (bicyclic) bond motifs is 3. The molecule has 0 radical (unpaired) electrons. The monoisotopic (exact) mass is 527 g/mol. The Bertz CT molecular complexity index is 2020. The van der Waals surface area contributed by atoms with Crippen LogP contribution in [0.15, 0.2) is 127 Å². The average Bonchev–Trinajstić information content (AvgIpc) is 3.04. The Hall–Kier alpha value is -5.15. The largest absolute Gasteiger partial charge is 0.208 e. The summed E-state index contributed by atoms with van der Waals surface area (Å²) >= 11 is 0. The van der Waals surface area contributed by atoms with Gasteiger partial charge >= 0.3 is 0 Å². The maximum atomic E-state index is 5.00. The minimum atomic E-state index is 0.664. The smallest absolute Gasteiger partial charge is 0.164 e. The van der Waals surface area contributed by atoms with Crippen LogP contribution in [0.4, 0.5) is 0 Å². The van der Waals surface area contributed by atoms with Crippen molar-refractivity contribution in [1.29, 1.82) is 0 Å². The summed E-state index contributed by atoms with van der Waals surface area (Å²) in [5, 5.41) is 4.98. The Morgan fingerprint density at radius 3 is 1.71 bits per heavy atom. The van der Waals surface area contributed by atoms with Crippen LogP contribution < -0.4 is 0 Å². The Morgan fingerprint density at radius 1 is 0.463 bits per heavy atom. The van der Waals surface area contributed by atoms with Gasteiger partial charge in [0.25, 0.3) is 0 Å². The molecule has 3 heteroatoms. The van der Waals surface area contributed by atoms with Gasteiger partial charge in [-0.1, -0.05) is 128 Å². The van der Waals surface area contributed by atoms with E-state index in [-0.39, 0.29) is 0 Å². The molecule has 0 atom stereocenters. The predicted molar refractivity (Wildman–Crippen MR) is 171 cm³/mol. The topological polar surface area (TPSA) is 38.7 Å². The van der Waals surface area contributed by atoms with E-state index in [9.17, 15) is 0 Å². The van der Waals surface area contributed by atoms with E-state index in [1.807, 2.05) is 0 Å². The van der Waals surface area contributed by atoms with Crippen LogP contribution in [0.3, 0.4) is 0 Å². The number of nitrogens with zero attached hydrogens (tertiary/aromatic N) is 3. The predicted octanol–water partition coefficient (Wildman–Crippen LogP) is 9.72. The zero-order chi connectivity index (χ0) is 27.8. The number of benzene rings is 6. The molecule has 3 nitrogen and oxygen atoms in total. The lowest BCUT2D eigenvalue weighted by Gasteiger charge is -2.13. The van der Waals surface area contributed by atoms with Crippen molar-refractivity contribution in [3.05, 3.63) is 139 Å². The van der Waals surface area contributed by atoms with Crippen LogP contribution in [0, 0.1) is 6.92 Å². The van der Waals surface area contributed by atoms with Gasteiger partial charge in [-0.25, -0.2) is 15.0 Å². The molecule has 1 heterocycles. The summed E-state index contributed by atoms with van der Waals surface area (Å²) in [7, 11) is 0. The van der Waals surface area contributed by atoms with Gasteiger partial charge < -0.3 is 0 Å².